The van der Waals surface area contributed by atoms with Crippen molar-refractivity contribution in [1.29, 1.82) is 0 Å². The summed E-state index contributed by atoms with van der Waals surface area (Å²) in [5.41, 5.74) is 0.112. The van der Waals surface area contributed by atoms with Crippen molar-refractivity contribution >= 4 is 30.0 Å². The van der Waals surface area contributed by atoms with E-state index in [9.17, 15) is 24.0 Å². The van der Waals surface area contributed by atoms with Crippen LogP contribution in [-0.4, -0.2) is 96.3 Å². The third-order valence-corrected chi connectivity index (χ3v) is 7.33. The van der Waals surface area contributed by atoms with Gasteiger partial charge in [-0.3, -0.25) is 14.4 Å². The molecule has 0 aromatic heterocycles. The fourth-order valence-corrected chi connectivity index (χ4v) is 5.17. The van der Waals surface area contributed by atoms with Gasteiger partial charge in [-0.2, -0.15) is 0 Å². The van der Waals surface area contributed by atoms with E-state index in [4.69, 9.17) is 18.9 Å². The average Bonchev–Trinajstić information content (AvgIpc) is 3.02. The van der Waals surface area contributed by atoms with E-state index in [2.05, 4.69) is 10.6 Å². The Bertz CT molecular complexity index is 1420. The number of hydrogen-bond acceptors (Lipinski definition) is 9. The van der Waals surface area contributed by atoms with Crippen LogP contribution in [0.1, 0.15) is 65.5 Å². The summed E-state index contributed by atoms with van der Waals surface area (Å²) in [6.45, 7) is 10.6. The van der Waals surface area contributed by atoms with Gasteiger partial charge in [0.25, 0.3) is 0 Å². The molecule has 4 amide bonds. The fraction of sp³-hybridized carbons (Fsp3) is 0.528. The van der Waals surface area contributed by atoms with E-state index in [1.165, 1.54) is 9.80 Å². The number of benzene rings is 2. The van der Waals surface area contributed by atoms with Gasteiger partial charge in [-0.15, -0.1) is 0 Å². The summed E-state index contributed by atoms with van der Waals surface area (Å²) >= 11 is 0. The molecule has 2 unspecified atom stereocenters. The van der Waals surface area contributed by atoms with Crippen molar-refractivity contribution in [3.05, 3.63) is 65.7 Å². The largest absolute Gasteiger partial charge is 0.497 e. The van der Waals surface area contributed by atoms with Crippen LogP contribution in [0.5, 0.6) is 5.75 Å². The molecule has 1 fully saturated rings. The minimum atomic E-state index is -1.08. The van der Waals surface area contributed by atoms with Gasteiger partial charge in [-0.05, 0) is 77.6 Å². The Labute approximate surface area is 288 Å². The molecule has 0 radical (unpaired) electrons. The molecule has 49 heavy (non-hydrogen) atoms. The van der Waals surface area contributed by atoms with Crippen molar-refractivity contribution in [2.75, 3.05) is 33.3 Å². The van der Waals surface area contributed by atoms with Gasteiger partial charge in [0.1, 0.15) is 42.2 Å². The Morgan fingerprint density at radius 1 is 0.857 bits per heavy atom. The molecule has 0 saturated carbocycles. The molecular formula is C36H50N4O9. The molecule has 1 heterocycles. The van der Waals surface area contributed by atoms with E-state index in [0.717, 1.165) is 11.1 Å². The maximum absolute atomic E-state index is 14.3. The van der Waals surface area contributed by atoms with E-state index in [1.807, 2.05) is 30.3 Å². The number of hydrogen-bond donors (Lipinski definition) is 2. The van der Waals surface area contributed by atoms with Gasteiger partial charge in [0.2, 0.25) is 11.8 Å². The molecule has 0 aliphatic carbocycles. The summed E-state index contributed by atoms with van der Waals surface area (Å²) in [6, 6.07) is 14.2. The Hall–Kier alpha value is -4.81. The molecule has 2 aromatic rings. The Balaban J connectivity index is 1.81. The quantitative estimate of drug-likeness (QED) is 0.180. The third kappa shape index (κ3) is 13.3. The molecule has 1 aliphatic heterocycles. The van der Waals surface area contributed by atoms with Gasteiger partial charge in [-0.1, -0.05) is 42.5 Å². The number of nitrogens with zero attached hydrogens (tertiary/aromatic N) is 2. The second kappa shape index (κ2) is 17.5. The number of amides is 4. The van der Waals surface area contributed by atoms with Crippen LogP contribution in [0, 0.1) is 0 Å². The number of methoxy groups -OCH3 is 1. The van der Waals surface area contributed by atoms with Crippen molar-refractivity contribution in [3.63, 3.8) is 0 Å². The summed E-state index contributed by atoms with van der Waals surface area (Å²) in [6.07, 6.45) is -0.764. The van der Waals surface area contributed by atoms with E-state index < -0.39 is 53.3 Å². The summed E-state index contributed by atoms with van der Waals surface area (Å²) in [4.78, 5) is 68.8. The maximum Gasteiger partial charge on any atom is 0.408 e. The predicted molar refractivity (Wildman–Crippen MR) is 182 cm³/mol. The van der Waals surface area contributed by atoms with Crippen LogP contribution in [0.15, 0.2) is 54.6 Å². The highest BCUT2D eigenvalue weighted by molar-refractivity contribution is 5.93. The van der Waals surface area contributed by atoms with Gasteiger partial charge < -0.3 is 39.4 Å². The van der Waals surface area contributed by atoms with Crippen molar-refractivity contribution < 1.29 is 42.9 Å². The topological polar surface area (TPSA) is 153 Å². The first-order valence-electron chi connectivity index (χ1n) is 16.4. The van der Waals surface area contributed by atoms with Crippen LogP contribution in [0.3, 0.4) is 0 Å². The van der Waals surface area contributed by atoms with E-state index in [0.29, 0.717) is 12.2 Å². The van der Waals surface area contributed by atoms with Crippen molar-refractivity contribution in [3.8, 4) is 5.75 Å². The summed E-state index contributed by atoms with van der Waals surface area (Å²) in [7, 11) is 1.55. The SMILES string of the molecule is COc1ccc(CC(NC(=O)OCc2ccccc2)C(=O)N2CCN(CC(=O)OC(C)(C)C)C(=O)C2CCCNC(=O)OC(C)(C)C)cc1. The van der Waals surface area contributed by atoms with Crippen LogP contribution in [0.25, 0.3) is 0 Å². The number of carbonyl (C=O) groups excluding carboxylic acids is 5. The van der Waals surface area contributed by atoms with Gasteiger partial charge in [-0.25, -0.2) is 9.59 Å². The number of alkyl carbamates (subject to hydrolysis) is 2. The molecular weight excluding hydrogens is 632 g/mol. The smallest absolute Gasteiger partial charge is 0.408 e. The summed E-state index contributed by atoms with van der Waals surface area (Å²) in [5.74, 6) is -0.847. The molecule has 2 aromatic carbocycles. The molecule has 13 nitrogen and oxygen atoms in total. The number of carbonyl (C=O) groups is 5. The van der Waals surface area contributed by atoms with Gasteiger partial charge in [0.15, 0.2) is 0 Å². The highest BCUT2D eigenvalue weighted by Gasteiger charge is 2.41. The first-order valence-corrected chi connectivity index (χ1v) is 16.4. The number of rotatable bonds is 13. The molecule has 2 N–H and O–H groups in total. The number of esters is 1. The van der Waals surface area contributed by atoms with E-state index >= 15 is 0 Å². The molecule has 13 heteroatoms. The number of nitrogens with one attached hydrogen (secondary N) is 2. The highest BCUT2D eigenvalue weighted by Crippen LogP contribution is 2.21. The molecule has 1 saturated heterocycles. The lowest BCUT2D eigenvalue weighted by Gasteiger charge is -2.42. The molecule has 3 rings (SSSR count). The Kier molecular flexibility index (Phi) is 13.8. The molecule has 0 bridgehead atoms. The first kappa shape index (κ1) is 38.6. The lowest BCUT2D eigenvalue weighted by Crippen LogP contribution is -2.63. The van der Waals surface area contributed by atoms with Crippen LogP contribution in [0.2, 0.25) is 0 Å². The standard InChI is InChI=1S/C36H50N4O9/c1-35(2,3)48-30(41)23-39-20-21-40(29(32(39)43)14-11-19-37-33(44)49-36(4,5)6)31(42)28(22-25-15-17-27(46-7)18-16-25)38-34(45)47-24-26-12-9-8-10-13-26/h8-10,12-13,15-18,28-29H,11,14,19-24H2,1-7H3,(H,37,44)(H,38,45). The average molecular weight is 683 g/mol. The molecule has 268 valence electrons. The normalized spacial score (nSPS) is 15.6. The minimum Gasteiger partial charge on any atom is -0.497 e. The monoisotopic (exact) mass is 682 g/mol. The molecule has 2 atom stereocenters. The summed E-state index contributed by atoms with van der Waals surface area (Å²) < 4.78 is 21.4. The Morgan fingerprint density at radius 3 is 2.12 bits per heavy atom. The van der Waals surface area contributed by atoms with Crippen molar-refractivity contribution in [2.24, 2.45) is 0 Å². The second-order valence-electron chi connectivity index (χ2n) is 13.8. The van der Waals surface area contributed by atoms with Crippen molar-refractivity contribution in [1.82, 2.24) is 20.4 Å². The van der Waals surface area contributed by atoms with Gasteiger partial charge >= 0.3 is 18.2 Å². The Morgan fingerprint density at radius 2 is 1.51 bits per heavy atom. The third-order valence-electron chi connectivity index (χ3n) is 7.33. The fourth-order valence-electron chi connectivity index (χ4n) is 5.17. The summed E-state index contributed by atoms with van der Waals surface area (Å²) in [5, 5.41) is 5.39. The highest BCUT2D eigenvalue weighted by atomic mass is 16.6. The van der Waals surface area contributed by atoms with Crippen LogP contribution >= 0.6 is 0 Å². The zero-order valence-electron chi connectivity index (χ0n) is 29.6. The number of ether oxygens (including phenoxy) is 4. The van der Waals surface area contributed by atoms with Crippen LogP contribution in [0.4, 0.5) is 9.59 Å². The molecule has 0 spiro atoms. The van der Waals surface area contributed by atoms with Crippen LogP contribution in [-0.2, 0) is 41.6 Å². The first-order chi connectivity index (χ1) is 23.0. The zero-order valence-corrected chi connectivity index (χ0v) is 29.6. The zero-order chi connectivity index (χ0) is 36.2. The predicted octanol–water partition coefficient (Wildman–Crippen LogP) is 4.22. The van der Waals surface area contributed by atoms with Gasteiger partial charge in [0, 0.05) is 26.1 Å². The second-order valence-corrected chi connectivity index (χ2v) is 13.8. The van der Waals surface area contributed by atoms with E-state index in [-0.39, 0.29) is 45.6 Å². The maximum atomic E-state index is 14.3. The lowest BCUT2D eigenvalue weighted by molar-refractivity contribution is -0.163. The van der Waals surface area contributed by atoms with E-state index in [1.54, 1.807) is 72.9 Å². The van der Waals surface area contributed by atoms with Crippen LogP contribution < -0.4 is 15.4 Å². The minimum absolute atomic E-state index is 0.00518. The number of piperazine rings is 1. The molecule has 1 aliphatic rings. The van der Waals surface area contributed by atoms with Crippen molar-refractivity contribution in [2.45, 2.75) is 90.7 Å². The van der Waals surface area contributed by atoms with Gasteiger partial charge in [0.05, 0.1) is 7.11 Å². The lowest BCUT2D eigenvalue weighted by atomic mass is 10.00.